The van der Waals surface area contributed by atoms with Gasteiger partial charge in [0, 0.05) is 23.5 Å². The summed E-state index contributed by atoms with van der Waals surface area (Å²) in [6.45, 7) is 3.83. The molecule has 0 aliphatic carbocycles. The van der Waals surface area contributed by atoms with E-state index in [9.17, 15) is 5.11 Å². The van der Waals surface area contributed by atoms with Gasteiger partial charge in [-0.3, -0.25) is 4.98 Å². The Morgan fingerprint density at radius 2 is 2.06 bits per heavy atom. The van der Waals surface area contributed by atoms with Crippen molar-refractivity contribution in [3.63, 3.8) is 0 Å². The molecule has 0 radical (unpaired) electrons. The molecule has 3 nitrogen and oxygen atoms in total. The molecule has 0 fully saturated rings. The highest BCUT2D eigenvalue weighted by Crippen LogP contribution is 2.26. The van der Waals surface area contributed by atoms with Crippen molar-refractivity contribution in [2.75, 3.05) is 0 Å². The Kier molecular flexibility index (Phi) is 3.40. The second-order valence-corrected chi connectivity index (χ2v) is 4.01. The predicted molar refractivity (Wildman–Crippen MR) is 66.1 cm³/mol. The molecule has 0 amide bonds. The maximum Gasteiger partial charge on any atom is 0.136 e. The molecule has 0 saturated carbocycles. The van der Waals surface area contributed by atoms with Crippen LogP contribution in [0.5, 0.6) is 11.5 Å². The smallest absolute Gasteiger partial charge is 0.136 e. The molecule has 0 bridgehead atoms. The summed E-state index contributed by atoms with van der Waals surface area (Å²) in [5.41, 5.74) is 2.70. The normalized spacial score (nSPS) is 10.3. The van der Waals surface area contributed by atoms with E-state index in [0.717, 1.165) is 17.0 Å². The first-order valence-corrected chi connectivity index (χ1v) is 5.50. The first-order valence-electron chi connectivity index (χ1n) is 5.50. The van der Waals surface area contributed by atoms with Crippen molar-refractivity contribution < 1.29 is 9.84 Å². The topological polar surface area (TPSA) is 42.4 Å². The highest BCUT2D eigenvalue weighted by molar-refractivity contribution is 5.38. The standard InChI is InChI=1S/C14H15NO2/c1-10-4-3-5-13(6-10)17-14-7-11(2)15-8-12(14)9-16/h3-8,16H,9H2,1-2H3. The fourth-order valence-corrected chi connectivity index (χ4v) is 1.58. The van der Waals surface area contributed by atoms with Gasteiger partial charge >= 0.3 is 0 Å². The van der Waals surface area contributed by atoms with E-state index < -0.39 is 0 Å². The Bertz CT molecular complexity index is 523. The van der Waals surface area contributed by atoms with Crippen molar-refractivity contribution in [1.82, 2.24) is 4.98 Å². The van der Waals surface area contributed by atoms with Gasteiger partial charge in [0.25, 0.3) is 0 Å². The number of nitrogens with zero attached hydrogens (tertiary/aromatic N) is 1. The van der Waals surface area contributed by atoms with Crippen LogP contribution in [0.3, 0.4) is 0 Å². The summed E-state index contributed by atoms with van der Waals surface area (Å²) in [6, 6.07) is 9.63. The van der Waals surface area contributed by atoms with E-state index >= 15 is 0 Å². The van der Waals surface area contributed by atoms with E-state index in [4.69, 9.17) is 4.74 Å². The molecule has 3 heteroatoms. The largest absolute Gasteiger partial charge is 0.457 e. The van der Waals surface area contributed by atoms with Crippen molar-refractivity contribution in [2.45, 2.75) is 20.5 Å². The lowest BCUT2D eigenvalue weighted by Gasteiger charge is -2.10. The third-order valence-electron chi connectivity index (χ3n) is 2.47. The first-order chi connectivity index (χ1) is 8.19. The summed E-state index contributed by atoms with van der Waals surface area (Å²) >= 11 is 0. The summed E-state index contributed by atoms with van der Waals surface area (Å²) in [4.78, 5) is 4.13. The Labute approximate surface area is 101 Å². The van der Waals surface area contributed by atoms with Gasteiger partial charge in [-0.1, -0.05) is 12.1 Å². The predicted octanol–water partition coefficient (Wildman–Crippen LogP) is 2.98. The van der Waals surface area contributed by atoms with E-state index in [2.05, 4.69) is 4.98 Å². The molecule has 88 valence electrons. The number of aliphatic hydroxyl groups excluding tert-OH is 1. The maximum absolute atomic E-state index is 9.22. The quantitative estimate of drug-likeness (QED) is 0.879. The van der Waals surface area contributed by atoms with Crippen molar-refractivity contribution >= 4 is 0 Å². The molecule has 2 rings (SSSR count). The van der Waals surface area contributed by atoms with E-state index in [0.29, 0.717) is 11.3 Å². The lowest BCUT2D eigenvalue weighted by molar-refractivity contribution is 0.276. The molecule has 2 aromatic rings. The summed E-state index contributed by atoms with van der Waals surface area (Å²) < 4.78 is 5.76. The Morgan fingerprint density at radius 1 is 1.24 bits per heavy atom. The summed E-state index contributed by atoms with van der Waals surface area (Å²) in [5.74, 6) is 1.43. The molecule has 1 heterocycles. The number of aliphatic hydroxyl groups is 1. The monoisotopic (exact) mass is 229 g/mol. The summed E-state index contributed by atoms with van der Waals surface area (Å²) in [6.07, 6.45) is 1.64. The van der Waals surface area contributed by atoms with E-state index in [1.807, 2.05) is 44.2 Å². The molecule has 1 aromatic heterocycles. The van der Waals surface area contributed by atoms with Crippen LogP contribution in [0.2, 0.25) is 0 Å². The number of aryl methyl sites for hydroxylation is 2. The number of rotatable bonds is 3. The van der Waals surface area contributed by atoms with Gasteiger partial charge in [-0.05, 0) is 31.5 Å². The van der Waals surface area contributed by atoms with Gasteiger partial charge in [0.2, 0.25) is 0 Å². The third kappa shape index (κ3) is 2.82. The van der Waals surface area contributed by atoms with Crippen molar-refractivity contribution in [2.24, 2.45) is 0 Å². The molecule has 17 heavy (non-hydrogen) atoms. The summed E-state index contributed by atoms with van der Waals surface area (Å²) in [5, 5.41) is 9.22. The van der Waals surface area contributed by atoms with Crippen LogP contribution in [-0.4, -0.2) is 10.1 Å². The van der Waals surface area contributed by atoms with Gasteiger partial charge in [0.05, 0.1) is 6.61 Å². The number of pyridine rings is 1. The molecule has 0 aliphatic rings. The zero-order valence-corrected chi connectivity index (χ0v) is 9.97. The number of benzene rings is 1. The average Bonchev–Trinajstić information content (AvgIpc) is 2.29. The van der Waals surface area contributed by atoms with Crippen LogP contribution in [0.4, 0.5) is 0 Å². The van der Waals surface area contributed by atoms with Gasteiger partial charge in [-0.15, -0.1) is 0 Å². The molecule has 0 saturated heterocycles. The van der Waals surface area contributed by atoms with Crippen LogP contribution in [0.15, 0.2) is 36.5 Å². The Balaban J connectivity index is 2.32. The molecule has 1 aromatic carbocycles. The van der Waals surface area contributed by atoms with E-state index in [-0.39, 0.29) is 6.61 Å². The lowest BCUT2D eigenvalue weighted by atomic mass is 10.2. The van der Waals surface area contributed by atoms with Crippen molar-refractivity contribution in [3.8, 4) is 11.5 Å². The zero-order chi connectivity index (χ0) is 12.3. The van der Waals surface area contributed by atoms with Crippen LogP contribution in [0, 0.1) is 13.8 Å². The van der Waals surface area contributed by atoms with Crippen molar-refractivity contribution in [3.05, 3.63) is 53.3 Å². The minimum absolute atomic E-state index is 0.0750. The van der Waals surface area contributed by atoms with Crippen LogP contribution >= 0.6 is 0 Å². The van der Waals surface area contributed by atoms with Crippen LogP contribution in [0.1, 0.15) is 16.8 Å². The molecule has 1 N–H and O–H groups in total. The third-order valence-corrected chi connectivity index (χ3v) is 2.47. The van der Waals surface area contributed by atoms with Gasteiger partial charge in [0.1, 0.15) is 11.5 Å². The number of aromatic nitrogens is 1. The maximum atomic E-state index is 9.22. The van der Waals surface area contributed by atoms with Crippen molar-refractivity contribution in [1.29, 1.82) is 0 Å². The molecular weight excluding hydrogens is 214 g/mol. The second kappa shape index (κ2) is 4.97. The molecule has 0 unspecified atom stereocenters. The highest BCUT2D eigenvalue weighted by atomic mass is 16.5. The highest BCUT2D eigenvalue weighted by Gasteiger charge is 2.05. The SMILES string of the molecule is Cc1cccc(Oc2cc(C)ncc2CO)c1. The van der Waals surface area contributed by atoms with Crippen LogP contribution < -0.4 is 4.74 Å². The zero-order valence-electron chi connectivity index (χ0n) is 9.97. The first kappa shape index (κ1) is 11.6. The number of hydrogen-bond donors (Lipinski definition) is 1. The average molecular weight is 229 g/mol. The summed E-state index contributed by atoms with van der Waals surface area (Å²) in [7, 11) is 0. The minimum Gasteiger partial charge on any atom is -0.457 e. The fraction of sp³-hybridized carbons (Fsp3) is 0.214. The fourth-order valence-electron chi connectivity index (χ4n) is 1.58. The van der Waals surface area contributed by atoms with Gasteiger partial charge in [-0.2, -0.15) is 0 Å². The Hall–Kier alpha value is -1.87. The molecule has 0 aliphatic heterocycles. The van der Waals surface area contributed by atoms with E-state index in [1.165, 1.54) is 0 Å². The Morgan fingerprint density at radius 3 is 2.76 bits per heavy atom. The van der Waals surface area contributed by atoms with Gasteiger partial charge in [0.15, 0.2) is 0 Å². The van der Waals surface area contributed by atoms with E-state index in [1.54, 1.807) is 6.20 Å². The second-order valence-electron chi connectivity index (χ2n) is 4.01. The minimum atomic E-state index is -0.0750. The number of ether oxygens (including phenoxy) is 1. The van der Waals surface area contributed by atoms with Gasteiger partial charge in [-0.25, -0.2) is 0 Å². The molecular formula is C14H15NO2. The van der Waals surface area contributed by atoms with Crippen LogP contribution in [-0.2, 0) is 6.61 Å². The molecule has 0 atom stereocenters. The van der Waals surface area contributed by atoms with Gasteiger partial charge < -0.3 is 9.84 Å². The number of hydrogen-bond acceptors (Lipinski definition) is 3. The van der Waals surface area contributed by atoms with Crippen LogP contribution in [0.25, 0.3) is 0 Å². The lowest BCUT2D eigenvalue weighted by Crippen LogP contribution is -1.94. The molecule has 0 spiro atoms.